The van der Waals surface area contributed by atoms with Crippen LogP contribution in [0.4, 0.5) is 0 Å². The molecule has 3 nitrogen and oxygen atoms in total. The summed E-state index contributed by atoms with van der Waals surface area (Å²) in [6.45, 7) is 9.42. The molecule has 3 N–H and O–H groups in total. The Kier molecular flexibility index (Phi) is 7.96. The Morgan fingerprint density at radius 2 is 2.11 bits per heavy atom. The lowest BCUT2D eigenvalue weighted by molar-refractivity contribution is 0.230. The van der Waals surface area contributed by atoms with Crippen molar-refractivity contribution in [1.29, 1.82) is 0 Å². The second kappa shape index (κ2) is 8.93. The van der Waals surface area contributed by atoms with Gasteiger partial charge < -0.3 is 15.7 Å². The number of aliphatic hydroxyl groups excluding tert-OH is 1. The molecule has 0 aliphatic carbocycles. The molecule has 0 saturated carbocycles. The van der Waals surface area contributed by atoms with E-state index < -0.39 is 0 Å². The third-order valence-electron chi connectivity index (χ3n) is 4.24. The van der Waals surface area contributed by atoms with E-state index >= 15 is 0 Å². The van der Waals surface area contributed by atoms with Gasteiger partial charge in [0, 0.05) is 25.2 Å². The molecule has 0 spiro atoms. The number of rotatable bonds is 8. The second-order valence-corrected chi connectivity index (χ2v) is 7.01. The lowest BCUT2D eigenvalue weighted by Crippen LogP contribution is -2.40. The fourth-order valence-electron chi connectivity index (χ4n) is 2.91. The molecule has 0 bridgehead atoms. The van der Waals surface area contributed by atoms with Crippen molar-refractivity contribution in [3.05, 3.63) is 0 Å². The Hall–Kier alpha value is -0.120. The highest BCUT2D eigenvalue weighted by molar-refractivity contribution is 4.79. The summed E-state index contributed by atoms with van der Waals surface area (Å²) in [6, 6.07) is 1.27. The van der Waals surface area contributed by atoms with Crippen LogP contribution in [0.1, 0.15) is 65.7 Å². The van der Waals surface area contributed by atoms with E-state index in [1.807, 2.05) is 0 Å². The van der Waals surface area contributed by atoms with Crippen molar-refractivity contribution in [2.45, 2.75) is 77.8 Å². The molecule has 0 aromatic heterocycles. The van der Waals surface area contributed by atoms with Crippen LogP contribution in [-0.4, -0.2) is 36.9 Å². The highest BCUT2D eigenvalue weighted by Crippen LogP contribution is 2.21. The van der Waals surface area contributed by atoms with Crippen molar-refractivity contribution < 1.29 is 5.11 Å². The van der Waals surface area contributed by atoms with Crippen LogP contribution in [0.3, 0.4) is 0 Å². The van der Waals surface area contributed by atoms with E-state index in [1.54, 1.807) is 0 Å². The summed E-state index contributed by atoms with van der Waals surface area (Å²) in [7, 11) is 0. The molecule has 114 valence electrons. The Morgan fingerprint density at radius 3 is 2.84 bits per heavy atom. The summed E-state index contributed by atoms with van der Waals surface area (Å²) in [5.41, 5.74) is 0.286. The van der Waals surface area contributed by atoms with Gasteiger partial charge in [0.05, 0.1) is 0 Å². The fraction of sp³-hybridized carbons (Fsp3) is 1.00. The van der Waals surface area contributed by atoms with Crippen molar-refractivity contribution in [3.8, 4) is 0 Å². The molecule has 1 rings (SSSR count). The van der Waals surface area contributed by atoms with Crippen LogP contribution in [0.2, 0.25) is 0 Å². The van der Waals surface area contributed by atoms with Gasteiger partial charge in [-0.3, -0.25) is 0 Å². The highest BCUT2D eigenvalue weighted by Gasteiger charge is 2.20. The smallest absolute Gasteiger partial charge is 0.0431 e. The van der Waals surface area contributed by atoms with Crippen LogP contribution < -0.4 is 10.6 Å². The Balaban J connectivity index is 2.20. The fourth-order valence-corrected chi connectivity index (χ4v) is 2.91. The van der Waals surface area contributed by atoms with E-state index in [1.165, 1.54) is 38.6 Å². The van der Waals surface area contributed by atoms with Crippen LogP contribution in [0.5, 0.6) is 0 Å². The summed E-state index contributed by atoms with van der Waals surface area (Å²) < 4.78 is 0. The van der Waals surface area contributed by atoms with Crippen molar-refractivity contribution in [1.82, 2.24) is 10.6 Å². The molecule has 3 heteroatoms. The van der Waals surface area contributed by atoms with Crippen LogP contribution in [-0.2, 0) is 0 Å². The maximum atomic E-state index is 8.92. The molecule has 1 aliphatic heterocycles. The minimum absolute atomic E-state index is 0.286. The van der Waals surface area contributed by atoms with Crippen molar-refractivity contribution in [2.75, 3.05) is 19.7 Å². The Morgan fingerprint density at radius 1 is 1.32 bits per heavy atom. The minimum atomic E-state index is 0.286. The lowest BCUT2D eigenvalue weighted by atomic mass is 9.87. The van der Waals surface area contributed by atoms with Gasteiger partial charge in [-0.05, 0) is 51.0 Å². The molecule has 2 unspecified atom stereocenters. The molecule has 1 heterocycles. The van der Waals surface area contributed by atoms with E-state index in [4.69, 9.17) is 5.11 Å². The number of hydrogen-bond donors (Lipinski definition) is 3. The van der Waals surface area contributed by atoms with Gasteiger partial charge in [-0.2, -0.15) is 0 Å². The van der Waals surface area contributed by atoms with Crippen LogP contribution in [0.25, 0.3) is 0 Å². The standard InChI is InChI=1S/C16H34N2O/c1-14(12-15-8-5-4-6-10-17-15)18-13-16(2,3)9-7-11-19/h14-15,17-19H,4-13H2,1-3H3. The molecule has 0 aromatic carbocycles. The zero-order chi connectivity index (χ0) is 14.1. The van der Waals surface area contributed by atoms with Crippen LogP contribution in [0.15, 0.2) is 0 Å². The van der Waals surface area contributed by atoms with E-state index in [-0.39, 0.29) is 5.41 Å². The maximum Gasteiger partial charge on any atom is 0.0431 e. The summed E-state index contributed by atoms with van der Waals surface area (Å²) in [5, 5.41) is 16.3. The maximum absolute atomic E-state index is 8.92. The van der Waals surface area contributed by atoms with Crippen LogP contribution >= 0.6 is 0 Å². The molecule has 19 heavy (non-hydrogen) atoms. The Bertz CT molecular complexity index is 223. The number of nitrogens with one attached hydrogen (secondary N) is 2. The first-order chi connectivity index (χ1) is 9.03. The average molecular weight is 270 g/mol. The number of aliphatic hydroxyl groups is 1. The molecule has 1 fully saturated rings. The molecular weight excluding hydrogens is 236 g/mol. The van der Waals surface area contributed by atoms with Gasteiger partial charge in [-0.15, -0.1) is 0 Å². The third-order valence-corrected chi connectivity index (χ3v) is 4.24. The monoisotopic (exact) mass is 270 g/mol. The molecule has 1 aliphatic rings. The summed E-state index contributed by atoms with van der Waals surface area (Å²) in [5.74, 6) is 0. The third kappa shape index (κ3) is 7.91. The van der Waals surface area contributed by atoms with Gasteiger partial charge in [0.15, 0.2) is 0 Å². The predicted molar refractivity (Wildman–Crippen MR) is 82.4 cm³/mol. The second-order valence-electron chi connectivity index (χ2n) is 7.01. The van der Waals surface area contributed by atoms with Gasteiger partial charge in [0.2, 0.25) is 0 Å². The zero-order valence-electron chi connectivity index (χ0n) is 13.2. The average Bonchev–Trinajstić information content (AvgIpc) is 2.63. The van der Waals surface area contributed by atoms with Gasteiger partial charge in [-0.25, -0.2) is 0 Å². The molecule has 0 aromatic rings. The van der Waals surface area contributed by atoms with E-state index in [2.05, 4.69) is 31.4 Å². The lowest BCUT2D eigenvalue weighted by Gasteiger charge is -2.28. The molecular formula is C16H34N2O. The van der Waals surface area contributed by atoms with E-state index in [0.29, 0.717) is 18.7 Å². The normalized spacial score (nSPS) is 23.1. The molecule has 0 radical (unpaired) electrons. The first-order valence-corrected chi connectivity index (χ1v) is 8.11. The Labute approximate surface area is 119 Å². The molecule has 1 saturated heterocycles. The van der Waals surface area contributed by atoms with Crippen LogP contribution in [0, 0.1) is 5.41 Å². The summed E-state index contributed by atoms with van der Waals surface area (Å²) in [4.78, 5) is 0. The number of hydrogen-bond acceptors (Lipinski definition) is 3. The zero-order valence-corrected chi connectivity index (χ0v) is 13.2. The van der Waals surface area contributed by atoms with Gasteiger partial charge in [0.25, 0.3) is 0 Å². The minimum Gasteiger partial charge on any atom is -0.396 e. The van der Waals surface area contributed by atoms with Crippen molar-refractivity contribution in [2.24, 2.45) is 5.41 Å². The first-order valence-electron chi connectivity index (χ1n) is 8.11. The van der Waals surface area contributed by atoms with Crippen molar-refractivity contribution >= 4 is 0 Å². The molecule has 2 atom stereocenters. The first kappa shape index (κ1) is 16.9. The van der Waals surface area contributed by atoms with Gasteiger partial charge in [0.1, 0.15) is 0 Å². The molecule has 0 amide bonds. The SMILES string of the molecule is CC(CC1CCCCCN1)NCC(C)(C)CCCO. The largest absolute Gasteiger partial charge is 0.396 e. The summed E-state index contributed by atoms with van der Waals surface area (Å²) >= 11 is 0. The highest BCUT2D eigenvalue weighted by atomic mass is 16.2. The topological polar surface area (TPSA) is 44.3 Å². The van der Waals surface area contributed by atoms with E-state index in [0.717, 1.165) is 19.4 Å². The van der Waals surface area contributed by atoms with Crippen molar-refractivity contribution in [3.63, 3.8) is 0 Å². The van der Waals surface area contributed by atoms with Gasteiger partial charge in [-0.1, -0.05) is 26.7 Å². The quantitative estimate of drug-likeness (QED) is 0.635. The predicted octanol–water partition coefficient (Wildman–Crippen LogP) is 2.69. The van der Waals surface area contributed by atoms with Gasteiger partial charge >= 0.3 is 0 Å². The summed E-state index contributed by atoms with van der Waals surface area (Å²) in [6.07, 6.45) is 8.67. The van der Waals surface area contributed by atoms with E-state index in [9.17, 15) is 0 Å².